The van der Waals surface area contributed by atoms with E-state index in [1.165, 1.54) is 22.8 Å². The number of thiophene rings is 1. The molecule has 10 heteroatoms. The molecule has 1 aliphatic heterocycles. The molecule has 4 heterocycles. The lowest BCUT2D eigenvalue weighted by Gasteiger charge is -2.33. The van der Waals surface area contributed by atoms with Gasteiger partial charge in [-0.2, -0.15) is 9.40 Å². The number of aromatic amines is 1. The van der Waals surface area contributed by atoms with Gasteiger partial charge in [0.05, 0.1) is 10.6 Å². The van der Waals surface area contributed by atoms with Gasteiger partial charge in [-0.1, -0.05) is 6.07 Å². The SMILES string of the molecule is O=C(c1cc(-c2cccs2)[nH]n1)N1CCN(S(=O)(=O)c2cccnc2)CC1. The predicted octanol–water partition coefficient (Wildman–Crippen LogP) is 1.68. The Morgan fingerprint density at radius 3 is 2.63 bits per heavy atom. The molecule has 1 saturated heterocycles. The molecule has 140 valence electrons. The largest absolute Gasteiger partial charge is 0.335 e. The molecular formula is C17H17N5O3S2. The number of sulfonamides is 1. The van der Waals surface area contributed by atoms with E-state index in [2.05, 4.69) is 15.2 Å². The predicted molar refractivity (Wildman–Crippen MR) is 101 cm³/mol. The first-order valence-electron chi connectivity index (χ1n) is 8.34. The molecule has 1 amide bonds. The lowest BCUT2D eigenvalue weighted by atomic mass is 10.2. The summed E-state index contributed by atoms with van der Waals surface area (Å²) in [6.45, 7) is 1.12. The van der Waals surface area contributed by atoms with Gasteiger partial charge in [0, 0.05) is 38.6 Å². The number of piperazine rings is 1. The average Bonchev–Trinajstić information content (AvgIpc) is 3.40. The first kappa shape index (κ1) is 17.8. The number of nitrogens with one attached hydrogen (secondary N) is 1. The van der Waals surface area contributed by atoms with Gasteiger partial charge in [0.2, 0.25) is 10.0 Å². The van der Waals surface area contributed by atoms with Crippen molar-refractivity contribution in [1.29, 1.82) is 0 Å². The number of amides is 1. The van der Waals surface area contributed by atoms with Crippen molar-refractivity contribution in [2.45, 2.75) is 4.90 Å². The summed E-state index contributed by atoms with van der Waals surface area (Å²) >= 11 is 1.56. The maximum atomic E-state index is 12.7. The van der Waals surface area contributed by atoms with Crippen molar-refractivity contribution in [2.24, 2.45) is 0 Å². The van der Waals surface area contributed by atoms with Crippen molar-refractivity contribution in [3.63, 3.8) is 0 Å². The van der Waals surface area contributed by atoms with Crippen molar-refractivity contribution >= 4 is 27.3 Å². The van der Waals surface area contributed by atoms with Crippen LogP contribution >= 0.6 is 11.3 Å². The molecule has 3 aromatic rings. The fraction of sp³-hybridized carbons (Fsp3) is 0.235. The van der Waals surface area contributed by atoms with E-state index >= 15 is 0 Å². The summed E-state index contributed by atoms with van der Waals surface area (Å²) < 4.78 is 26.7. The highest BCUT2D eigenvalue weighted by molar-refractivity contribution is 7.89. The number of carbonyl (C=O) groups is 1. The third-order valence-corrected chi connectivity index (χ3v) is 7.17. The number of hydrogen-bond donors (Lipinski definition) is 1. The number of nitrogens with zero attached hydrogens (tertiary/aromatic N) is 4. The molecule has 1 N–H and O–H groups in total. The number of carbonyl (C=O) groups excluding carboxylic acids is 1. The van der Waals surface area contributed by atoms with Crippen LogP contribution in [0.2, 0.25) is 0 Å². The summed E-state index contributed by atoms with van der Waals surface area (Å²) in [6.07, 6.45) is 2.87. The molecular weight excluding hydrogens is 386 g/mol. The van der Waals surface area contributed by atoms with Crippen LogP contribution in [0.25, 0.3) is 10.6 Å². The Bertz CT molecular complexity index is 1020. The molecule has 0 saturated carbocycles. The molecule has 1 fully saturated rings. The quantitative estimate of drug-likeness (QED) is 0.715. The zero-order chi connectivity index (χ0) is 18.9. The first-order chi connectivity index (χ1) is 13.1. The Morgan fingerprint density at radius 1 is 1.15 bits per heavy atom. The van der Waals surface area contributed by atoms with Gasteiger partial charge in [0.1, 0.15) is 4.90 Å². The zero-order valence-corrected chi connectivity index (χ0v) is 15.9. The van der Waals surface area contributed by atoms with E-state index in [9.17, 15) is 13.2 Å². The maximum Gasteiger partial charge on any atom is 0.274 e. The molecule has 8 nitrogen and oxygen atoms in total. The lowest BCUT2D eigenvalue weighted by molar-refractivity contribution is 0.0692. The van der Waals surface area contributed by atoms with Gasteiger partial charge >= 0.3 is 0 Å². The molecule has 0 unspecified atom stereocenters. The second kappa shape index (κ2) is 7.22. The summed E-state index contributed by atoms with van der Waals surface area (Å²) in [5.41, 5.74) is 1.13. The molecule has 1 aliphatic rings. The first-order valence-corrected chi connectivity index (χ1v) is 10.7. The average molecular weight is 403 g/mol. The van der Waals surface area contributed by atoms with E-state index in [-0.39, 0.29) is 23.9 Å². The standard InChI is InChI=1S/C17H17N5O3S2/c23-17(15-11-14(19-20-15)16-4-2-10-26-16)21-6-8-22(9-7-21)27(24,25)13-3-1-5-18-12-13/h1-5,10-12H,6-9H2,(H,19,20). The van der Waals surface area contributed by atoms with Gasteiger partial charge in [-0.25, -0.2) is 8.42 Å². The molecule has 4 rings (SSSR count). The van der Waals surface area contributed by atoms with E-state index in [0.29, 0.717) is 18.8 Å². The molecule has 0 bridgehead atoms. The number of pyridine rings is 1. The van der Waals surface area contributed by atoms with E-state index in [1.54, 1.807) is 28.4 Å². The fourth-order valence-electron chi connectivity index (χ4n) is 2.93. The summed E-state index contributed by atoms with van der Waals surface area (Å²) in [5, 5.41) is 8.95. The lowest BCUT2D eigenvalue weighted by Crippen LogP contribution is -2.50. The van der Waals surface area contributed by atoms with Crippen LogP contribution in [0.1, 0.15) is 10.5 Å². The van der Waals surface area contributed by atoms with Crippen LogP contribution in [0.3, 0.4) is 0 Å². The van der Waals surface area contributed by atoms with Crippen molar-refractivity contribution < 1.29 is 13.2 Å². The zero-order valence-electron chi connectivity index (χ0n) is 14.3. The van der Waals surface area contributed by atoms with Crippen molar-refractivity contribution in [1.82, 2.24) is 24.4 Å². The smallest absolute Gasteiger partial charge is 0.274 e. The molecule has 0 radical (unpaired) electrons. The van der Waals surface area contributed by atoms with Crippen LogP contribution in [0, 0.1) is 0 Å². The van der Waals surface area contributed by atoms with Gasteiger partial charge in [-0.15, -0.1) is 11.3 Å². The Kier molecular flexibility index (Phi) is 4.77. The van der Waals surface area contributed by atoms with Crippen molar-refractivity contribution in [3.8, 4) is 10.6 Å². The second-order valence-electron chi connectivity index (χ2n) is 6.03. The van der Waals surface area contributed by atoms with E-state index in [4.69, 9.17) is 0 Å². The minimum Gasteiger partial charge on any atom is -0.335 e. The molecule has 27 heavy (non-hydrogen) atoms. The minimum atomic E-state index is -3.59. The Hall–Kier alpha value is -2.56. The van der Waals surface area contributed by atoms with Gasteiger partial charge in [-0.05, 0) is 29.6 Å². The van der Waals surface area contributed by atoms with Crippen LogP contribution in [-0.4, -0.2) is 64.9 Å². The topological polar surface area (TPSA) is 99.3 Å². The highest BCUT2D eigenvalue weighted by atomic mass is 32.2. The Balaban J connectivity index is 1.43. The van der Waals surface area contributed by atoms with Gasteiger partial charge < -0.3 is 4.90 Å². The van der Waals surface area contributed by atoms with Gasteiger partial charge in [-0.3, -0.25) is 14.9 Å². The van der Waals surface area contributed by atoms with Gasteiger partial charge in [0.25, 0.3) is 5.91 Å². The van der Waals surface area contributed by atoms with E-state index in [0.717, 1.165) is 10.6 Å². The Morgan fingerprint density at radius 2 is 1.96 bits per heavy atom. The van der Waals surface area contributed by atoms with Crippen LogP contribution in [0.5, 0.6) is 0 Å². The molecule has 0 aromatic carbocycles. The number of aromatic nitrogens is 3. The molecule has 0 aliphatic carbocycles. The van der Waals surface area contributed by atoms with Crippen molar-refractivity contribution in [3.05, 3.63) is 53.8 Å². The summed E-state index contributed by atoms with van der Waals surface area (Å²) in [7, 11) is -3.59. The minimum absolute atomic E-state index is 0.165. The summed E-state index contributed by atoms with van der Waals surface area (Å²) in [6, 6.07) is 8.73. The van der Waals surface area contributed by atoms with Crippen LogP contribution in [-0.2, 0) is 10.0 Å². The second-order valence-corrected chi connectivity index (χ2v) is 8.91. The monoisotopic (exact) mass is 403 g/mol. The van der Waals surface area contributed by atoms with Gasteiger partial charge in [0.15, 0.2) is 5.69 Å². The number of H-pyrrole nitrogens is 1. The fourth-order valence-corrected chi connectivity index (χ4v) is 5.01. The molecule has 0 spiro atoms. The molecule has 0 atom stereocenters. The Labute approximate surface area is 160 Å². The maximum absolute atomic E-state index is 12.7. The van der Waals surface area contributed by atoms with Crippen LogP contribution in [0.4, 0.5) is 0 Å². The third-order valence-electron chi connectivity index (χ3n) is 4.38. The van der Waals surface area contributed by atoms with Crippen molar-refractivity contribution in [2.75, 3.05) is 26.2 Å². The van der Waals surface area contributed by atoms with E-state index in [1.807, 2.05) is 17.5 Å². The van der Waals surface area contributed by atoms with Crippen LogP contribution in [0.15, 0.2) is 53.0 Å². The highest BCUT2D eigenvalue weighted by Gasteiger charge is 2.31. The number of hydrogen-bond acceptors (Lipinski definition) is 6. The third kappa shape index (κ3) is 3.51. The summed E-state index contributed by atoms with van der Waals surface area (Å²) in [5.74, 6) is -0.201. The van der Waals surface area contributed by atoms with E-state index < -0.39 is 10.0 Å². The normalized spacial score (nSPS) is 15.8. The molecule has 3 aromatic heterocycles. The highest BCUT2D eigenvalue weighted by Crippen LogP contribution is 2.24. The number of rotatable bonds is 4. The summed E-state index contributed by atoms with van der Waals surface area (Å²) in [4.78, 5) is 19.4. The van der Waals surface area contributed by atoms with Crippen LogP contribution < -0.4 is 0 Å².